The van der Waals surface area contributed by atoms with Crippen LogP contribution in [0.15, 0.2) is 42.5 Å². The highest BCUT2D eigenvalue weighted by Crippen LogP contribution is 2.30. The predicted molar refractivity (Wildman–Crippen MR) is 118 cm³/mol. The van der Waals surface area contributed by atoms with Crippen LogP contribution in [0.2, 0.25) is 0 Å². The Morgan fingerprint density at radius 2 is 1.83 bits per heavy atom. The molecule has 29 heavy (non-hydrogen) atoms. The molecule has 6 nitrogen and oxygen atoms in total. The van der Waals surface area contributed by atoms with Crippen molar-refractivity contribution in [3.8, 4) is 5.75 Å². The second-order valence-electron chi connectivity index (χ2n) is 7.13. The van der Waals surface area contributed by atoms with Gasteiger partial charge in [0.1, 0.15) is 5.75 Å². The third-order valence-electron chi connectivity index (χ3n) is 5.29. The molecule has 1 N–H and O–H groups in total. The van der Waals surface area contributed by atoms with Crippen molar-refractivity contribution >= 4 is 32.7 Å². The molecule has 0 spiro atoms. The van der Waals surface area contributed by atoms with Crippen LogP contribution in [0.5, 0.6) is 5.75 Å². The fourth-order valence-electron chi connectivity index (χ4n) is 3.45. The number of amides is 2. The molecule has 0 radical (unpaired) electrons. The molecule has 2 aromatic carbocycles. The standard InChI is InChI=1S/C22H26N4O2S/c1-3-16-6-9-19-20(14-16)29-22(24-19)26-12-10-25(11-13-26)21(27)23-15-17-4-7-18(28-2)8-5-17/h4-9,14H,3,10-13,15H2,1-2H3,(H,23,27). The van der Waals surface area contributed by atoms with Crippen LogP contribution in [-0.2, 0) is 13.0 Å². The number of thiazole rings is 1. The molecule has 2 heterocycles. The van der Waals surface area contributed by atoms with Crippen LogP contribution in [0.4, 0.5) is 9.93 Å². The fourth-order valence-corrected chi connectivity index (χ4v) is 4.53. The maximum absolute atomic E-state index is 12.5. The number of ether oxygens (including phenoxy) is 1. The zero-order valence-corrected chi connectivity index (χ0v) is 17.7. The minimum atomic E-state index is -0.0163. The number of piperazine rings is 1. The Kier molecular flexibility index (Phi) is 5.85. The summed E-state index contributed by atoms with van der Waals surface area (Å²) in [5.74, 6) is 0.817. The number of urea groups is 1. The molecule has 4 rings (SSSR count). The SMILES string of the molecule is CCc1ccc2nc(N3CCN(C(=O)NCc4ccc(OC)cc4)CC3)sc2c1. The topological polar surface area (TPSA) is 57.7 Å². The monoisotopic (exact) mass is 410 g/mol. The molecular weight excluding hydrogens is 384 g/mol. The molecule has 3 aromatic rings. The summed E-state index contributed by atoms with van der Waals surface area (Å²) in [6.07, 6.45) is 1.04. The smallest absolute Gasteiger partial charge is 0.317 e. The van der Waals surface area contributed by atoms with E-state index in [9.17, 15) is 4.79 Å². The molecule has 1 aliphatic heterocycles. The van der Waals surface area contributed by atoms with E-state index in [4.69, 9.17) is 9.72 Å². The van der Waals surface area contributed by atoms with Crippen molar-refractivity contribution in [2.24, 2.45) is 0 Å². The Bertz CT molecular complexity index is 978. The Labute approximate surface area is 175 Å². The molecule has 0 saturated carbocycles. The van der Waals surface area contributed by atoms with Crippen molar-refractivity contribution < 1.29 is 9.53 Å². The summed E-state index contributed by atoms with van der Waals surface area (Å²) in [7, 11) is 1.65. The van der Waals surface area contributed by atoms with E-state index in [1.807, 2.05) is 29.2 Å². The van der Waals surface area contributed by atoms with Crippen LogP contribution in [0.25, 0.3) is 10.2 Å². The highest BCUT2D eigenvalue weighted by Gasteiger charge is 2.23. The number of nitrogens with one attached hydrogen (secondary N) is 1. The number of carbonyl (C=O) groups is 1. The quantitative estimate of drug-likeness (QED) is 0.693. The van der Waals surface area contributed by atoms with E-state index in [-0.39, 0.29) is 6.03 Å². The number of carbonyl (C=O) groups excluding carboxylic acids is 1. The molecule has 7 heteroatoms. The van der Waals surface area contributed by atoms with Gasteiger partial charge in [-0.15, -0.1) is 0 Å². The van der Waals surface area contributed by atoms with Crippen LogP contribution in [-0.4, -0.2) is 49.2 Å². The maximum Gasteiger partial charge on any atom is 0.317 e. The number of fused-ring (bicyclic) bond motifs is 1. The number of hydrogen-bond acceptors (Lipinski definition) is 5. The van der Waals surface area contributed by atoms with Crippen molar-refractivity contribution in [2.75, 3.05) is 38.2 Å². The first-order chi connectivity index (χ1) is 14.2. The van der Waals surface area contributed by atoms with E-state index in [0.717, 1.165) is 41.5 Å². The molecule has 152 valence electrons. The van der Waals surface area contributed by atoms with Gasteiger partial charge in [0.15, 0.2) is 5.13 Å². The minimum absolute atomic E-state index is 0.0163. The normalized spacial score (nSPS) is 14.3. The zero-order chi connectivity index (χ0) is 20.2. The number of aromatic nitrogens is 1. The number of methoxy groups -OCH3 is 1. The second-order valence-corrected chi connectivity index (χ2v) is 8.14. The number of nitrogens with zero attached hydrogens (tertiary/aromatic N) is 3. The highest BCUT2D eigenvalue weighted by molar-refractivity contribution is 7.22. The van der Waals surface area contributed by atoms with Crippen LogP contribution in [0.1, 0.15) is 18.1 Å². The minimum Gasteiger partial charge on any atom is -0.497 e. The lowest BCUT2D eigenvalue weighted by atomic mass is 10.2. The average Bonchev–Trinajstić information content (AvgIpc) is 3.21. The van der Waals surface area contributed by atoms with Gasteiger partial charge < -0.3 is 19.9 Å². The molecule has 0 unspecified atom stereocenters. The van der Waals surface area contributed by atoms with Gasteiger partial charge in [-0.1, -0.05) is 36.5 Å². The Hall–Kier alpha value is -2.80. The molecule has 0 atom stereocenters. The van der Waals surface area contributed by atoms with Gasteiger partial charge in [0.05, 0.1) is 17.3 Å². The van der Waals surface area contributed by atoms with E-state index in [1.165, 1.54) is 10.3 Å². The molecule has 1 aliphatic rings. The van der Waals surface area contributed by atoms with Gasteiger partial charge in [-0.25, -0.2) is 9.78 Å². The van der Waals surface area contributed by atoms with Crippen molar-refractivity contribution in [1.82, 2.24) is 15.2 Å². The number of hydrogen-bond donors (Lipinski definition) is 1. The van der Waals surface area contributed by atoms with Crippen LogP contribution < -0.4 is 15.0 Å². The van der Waals surface area contributed by atoms with Gasteiger partial charge in [-0.05, 0) is 41.8 Å². The van der Waals surface area contributed by atoms with Gasteiger partial charge in [-0.3, -0.25) is 0 Å². The third kappa shape index (κ3) is 4.45. The van der Waals surface area contributed by atoms with Crippen molar-refractivity contribution in [2.45, 2.75) is 19.9 Å². The van der Waals surface area contributed by atoms with E-state index in [0.29, 0.717) is 19.6 Å². The van der Waals surface area contributed by atoms with E-state index in [2.05, 4.69) is 35.3 Å². The first-order valence-corrected chi connectivity index (χ1v) is 10.8. The van der Waals surface area contributed by atoms with Gasteiger partial charge in [0.25, 0.3) is 0 Å². The number of anilines is 1. The van der Waals surface area contributed by atoms with Crippen LogP contribution in [0, 0.1) is 0 Å². The predicted octanol–water partition coefficient (Wildman–Crippen LogP) is 3.90. The molecule has 1 fully saturated rings. The summed E-state index contributed by atoms with van der Waals surface area (Å²) in [4.78, 5) is 21.5. The fraction of sp³-hybridized carbons (Fsp3) is 0.364. The Morgan fingerprint density at radius 3 is 2.52 bits per heavy atom. The average molecular weight is 411 g/mol. The largest absolute Gasteiger partial charge is 0.497 e. The zero-order valence-electron chi connectivity index (χ0n) is 16.9. The lowest BCUT2D eigenvalue weighted by molar-refractivity contribution is 0.194. The highest BCUT2D eigenvalue weighted by atomic mass is 32.1. The van der Waals surface area contributed by atoms with Gasteiger partial charge in [-0.2, -0.15) is 0 Å². The second kappa shape index (κ2) is 8.69. The summed E-state index contributed by atoms with van der Waals surface area (Å²) in [5.41, 5.74) is 3.45. The molecule has 1 saturated heterocycles. The molecule has 0 aliphatic carbocycles. The van der Waals surface area contributed by atoms with Crippen molar-refractivity contribution in [3.05, 3.63) is 53.6 Å². The number of aryl methyl sites for hydroxylation is 1. The summed E-state index contributed by atoms with van der Waals surface area (Å²) >= 11 is 1.74. The third-order valence-corrected chi connectivity index (χ3v) is 6.37. The van der Waals surface area contributed by atoms with Crippen molar-refractivity contribution in [3.63, 3.8) is 0 Å². The Morgan fingerprint density at radius 1 is 1.10 bits per heavy atom. The molecule has 2 amide bonds. The summed E-state index contributed by atoms with van der Waals surface area (Å²) < 4.78 is 6.40. The van der Waals surface area contributed by atoms with E-state index in [1.54, 1.807) is 18.4 Å². The van der Waals surface area contributed by atoms with Crippen LogP contribution in [0.3, 0.4) is 0 Å². The van der Waals surface area contributed by atoms with E-state index >= 15 is 0 Å². The molecule has 1 aromatic heterocycles. The lowest BCUT2D eigenvalue weighted by Crippen LogP contribution is -2.51. The molecule has 0 bridgehead atoms. The summed E-state index contributed by atoms with van der Waals surface area (Å²) in [5, 5.41) is 4.06. The van der Waals surface area contributed by atoms with E-state index < -0.39 is 0 Å². The van der Waals surface area contributed by atoms with Crippen LogP contribution >= 0.6 is 11.3 Å². The van der Waals surface area contributed by atoms with Crippen molar-refractivity contribution in [1.29, 1.82) is 0 Å². The first kappa shape index (κ1) is 19.5. The van der Waals surface area contributed by atoms with Gasteiger partial charge in [0, 0.05) is 32.7 Å². The van der Waals surface area contributed by atoms with Gasteiger partial charge >= 0.3 is 6.03 Å². The summed E-state index contributed by atoms with van der Waals surface area (Å²) in [6.45, 7) is 5.69. The maximum atomic E-state index is 12.5. The number of rotatable bonds is 5. The number of benzene rings is 2. The lowest BCUT2D eigenvalue weighted by Gasteiger charge is -2.34. The summed E-state index contributed by atoms with van der Waals surface area (Å²) in [6, 6.07) is 14.2. The molecular formula is C22H26N4O2S. The van der Waals surface area contributed by atoms with Gasteiger partial charge in [0.2, 0.25) is 0 Å². The Balaban J connectivity index is 1.31. The first-order valence-electron chi connectivity index (χ1n) is 9.96.